The molecule has 0 aromatic rings. The van der Waals surface area contributed by atoms with E-state index in [0.717, 1.165) is 19.3 Å². The lowest BCUT2D eigenvalue weighted by Gasteiger charge is -2.22. The molecule has 1 saturated heterocycles. The normalized spacial score (nSPS) is 46.1. The molecule has 0 bridgehead atoms. The number of nitrogens with one attached hydrogen (secondary N) is 1. The van der Waals surface area contributed by atoms with Gasteiger partial charge in [-0.25, -0.2) is 0 Å². The minimum atomic E-state index is -0.0329. The summed E-state index contributed by atoms with van der Waals surface area (Å²) in [6.45, 7) is 6.11. The first-order valence-electron chi connectivity index (χ1n) is 6.60. The highest BCUT2D eigenvalue weighted by Gasteiger charge is 2.42. The first kappa shape index (κ1) is 13.2. The molecule has 6 atom stereocenters. The highest BCUT2D eigenvalue weighted by atomic mass is 35.5. The third-order valence-corrected chi connectivity index (χ3v) is 4.83. The van der Waals surface area contributed by atoms with Crippen LogP contribution in [0.1, 0.15) is 40.0 Å². The lowest BCUT2D eigenvalue weighted by Crippen LogP contribution is -2.44. The lowest BCUT2D eigenvalue weighted by molar-refractivity contribution is -0.127. The number of amides is 1. The second kappa shape index (κ2) is 5.15. The molecule has 0 aromatic heterocycles. The van der Waals surface area contributed by atoms with Gasteiger partial charge in [0.25, 0.3) is 0 Å². The van der Waals surface area contributed by atoms with Crippen molar-refractivity contribution in [3.8, 4) is 0 Å². The Kier molecular flexibility index (Phi) is 3.99. The van der Waals surface area contributed by atoms with Crippen LogP contribution >= 0.6 is 11.6 Å². The van der Waals surface area contributed by atoms with Crippen molar-refractivity contribution >= 4 is 17.5 Å². The van der Waals surface area contributed by atoms with E-state index in [4.69, 9.17) is 16.3 Å². The molecule has 1 aliphatic heterocycles. The summed E-state index contributed by atoms with van der Waals surface area (Å²) < 4.78 is 5.70. The van der Waals surface area contributed by atoms with Gasteiger partial charge in [-0.05, 0) is 39.0 Å². The number of carbonyl (C=O) groups excluding carboxylic acids is 1. The van der Waals surface area contributed by atoms with Crippen molar-refractivity contribution in [2.75, 3.05) is 0 Å². The number of hydrogen-bond donors (Lipinski definition) is 1. The van der Waals surface area contributed by atoms with Crippen LogP contribution < -0.4 is 5.32 Å². The Labute approximate surface area is 108 Å². The van der Waals surface area contributed by atoms with Gasteiger partial charge in [0.2, 0.25) is 5.91 Å². The van der Waals surface area contributed by atoms with E-state index in [9.17, 15) is 4.79 Å². The summed E-state index contributed by atoms with van der Waals surface area (Å²) >= 11 is 6.18. The number of rotatable bonds is 2. The van der Waals surface area contributed by atoms with Crippen LogP contribution in [0.3, 0.4) is 0 Å². The molecule has 1 N–H and O–H groups in total. The summed E-state index contributed by atoms with van der Waals surface area (Å²) in [6, 6.07) is 0.152. The van der Waals surface area contributed by atoms with Crippen LogP contribution in [0.15, 0.2) is 0 Å². The number of halogens is 1. The summed E-state index contributed by atoms with van der Waals surface area (Å²) in [5.74, 6) is 0.363. The van der Waals surface area contributed by atoms with Gasteiger partial charge in [0.05, 0.1) is 23.5 Å². The van der Waals surface area contributed by atoms with Gasteiger partial charge in [-0.15, -0.1) is 11.6 Å². The predicted octanol–water partition coefficient (Wildman–Crippen LogP) is 2.32. The maximum absolute atomic E-state index is 12.3. The summed E-state index contributed by atoms with van der Waals surface area (Å²) in [7, 11) is 0. The Balaban J connectivity index is 1.95. The summed E-state index contributed by atoms with van der Waals surface area (Å²) in [5, 5.41) is 3.20. The van der Waals surface area contributed by atoms with E-state index in [1.54, 1.807) is 0 Å². The van der Waals surface area contributed by atoms with Crippen molar-refractivity contribution < 1.29 is 9.53 Å². The molecular weight excluding hydrogens is 238 g/mol. The molecule has 1 heterocycles. The number of hydrogen-bond acceptors (Lipinski definition) is 2. The SMILES string of the molecule is CC1OC(C)C(C(=O)NC2CCCC2Cl)C1C. The molecule has 2 aliphatic rings. The molecule has 1 aliphatic carbocycles. The van der Waals surface area contributed by atoms with Crippen molar-refractivity contribution in [1.82, 2.24) is 5.32 Å². The summed E-state index contributed by atoms with van der Waals surface area (Å²) in [5.41, 5.74) is 0. The van der Waals surface area contributed by atoms with Crippen molar-refractivity contribution in [2.45, 2.75) is 63.7 Å². The third kappa shape index (κ3) is 2.60. The average Bonchev–Trinajstić information content (AvgIpc) is 2.74. The number of alkyl halides is 1. The molecule has 1 amide bonds. The van der Waals surface area contributed by atoms with Gasteiger partial charge in [-0.3, -0.25) is 4.79 Å². The van der Waals surface area contributed by atoms with E-state index in [2.05, 4.69) is 12.2 Å². The molecule has 98 valence electrons. The van der Waals surface area contributed by atoms with Gasteiger partial charge in [0.1, 0.15) is 0 Å². The Morgan fingerprint density at radius 1 is 1.24 bits per heavy atom. The third-order valence-electron chi connectivity index (χ3n) is 4.30. The fourth-order valence-electron chi connectivity index (χ4n) is 3.07. The maximum atomic E-state index is 12.3. The van der Waals surface area contributed by atoms with E-state index in [-0.39, 0.29) is 41.4 Å². The molecule has 0 spiro atoms. The van der Waals surface area contributed by atoms with E-state index in [0.29, 0.717) is 0 Å². The van der Waals surface area contributed by atoms with E-state index >= 15 is 0 Å². The first-order chi connectivity index (χ1) is 8.00. The maximum Gasteiger partial charge on any atom is 0.226 e. The molecule has 2 rings (SSSR count). The zero-order valence-corrected chi connectivity index (χ0v) is 11.5. The molecular formula is C13H22ClNO2. The second-order valence-electron chi connectivity index (χ2n) is 5.49. The Bertz CT molecular complexity index is 297. The summed E-state index contributed by atoms with van der Waals surface area (Å²) in [6.07, 6.45) is 3.30. The summed E-state index contributed by atoms with van der Waals surface area (Å²) in [4.78, 5) is 12.3. The topological polar surface area (TPSA) is 38.3 Å². The Morgan fingerprint density at radius 2 is 1.94 bits per heavy atom. The second-order valence-corrected chi connectivity index (χ2v) is 6.05. The van der Waals surface area contributed by atoms with Crippen molar-refractivity contribution in [3.05, 3.63) is 0 Å². The van der Waals surface area contributed by atoms with Gasteiger partial charge in [-0.2, -0.15) is 0 Å². The van der Waals surface area contributed by atoms with Crippen molar-refractivity contribution in [1.29, 1.82) is 0 Å². The lowest BCUT2D eigenvalue weighted by atomic mass is 9.88. The molecule has 3 nitrogen and oxygen atoms in total. The average molecular weight is 260 g/mol. The van der Waals surface area contributed by atoms with Gasteiger partial charge in [0, 0.05) is 6.04 Å². The monoisotopic (exact) mass is 259 g/mol. The van der Waals surface area contributed by atoms with Crippen LogP contribution in [0.4, 0.5) is 0 Å². The zero-order valence-electron chi connectivity index (χ0n) is 10.8. The number of ether oxygens (including phenoxy) is 1. The zero-order chi connectivity index (χ0) is 12.6. The van der Waals surface area contributed by atoms with Gasteiger partial charge in [-0.1, -0.05) is 6.92 Å². The smallest absolute Gasteiger partial charge is 0.226 e. The standard InChI is InChI=1S/C13H22ClNO2/c1-7-8(2)17-9(3)12(7)13(16)15-11-6-4-5-10(11)14/h7-12H,4-6H2,1-3H3,(H,15,16). The fraction of sp³-hybridized carbons (Fsp3) is 0.923. The van der Waals surface area contributed by atoms with E-state index < -0.39 is 0 Å². The molecule has 0 aromatic carbocycles. The molecule has 1 saturated carbocycles. The minimum Gasteiger partial charge on any atom is -0.374 e. The minimum absolute atomic E-state index is 0.00942. The van der Waals surface area contributed by atoms with Crippen LogP contribution in [0.2, 0.25) is 0 Å². The van der Waals surface area contributed by atoms with E-state index in [1.807, 2.05) is 13.8 Å². The molecule has 17 heavy (non-hydrogen) atoms. The molecule has 0 radical (unpaired) electrons. The largest absolute Gasteiger partial charge is 0.374 e. The van der Waals surface area contributed by atoms with Crippen LogP contribution in [0.5, 0.6) is 0 Å². The fourth-order valence-corrected chi connectivity index (χ4v) is 3.42. The molecule has 2 fully saturated rings. The van der Waals surface area contributed by atoms with Crippen LogP contribution in [-0.2, 0) is 9.53 Å². The predicted molar refractivity (Wildman–Crippen MR) is 68.1 cm³/mol. The van der Waals surface area contributed by atoms with Crippen molar-refractivity contribution in [2.24, 2.45) is 11.8 Å². The highest BCUT2D eigenvalue weighted by molar-refractivity contribution is 6.21. The Hall–Kier alpha value is -0.280. The molecule has 4 heteroatoms. The number of carbonyl (C=O) groups is 1. The van der Waals surface area contributed by atoms with E-state index in [1.165, 1.54) is 0 Å². The Morgan fingerprint density at radius 3 is 2.41 bits per heavy atom. The van der Waals surface area contributed by atoms with Crippen LogP contribution in [0, 0.1) is 11.8 Å². The quantitative estimate of drug-likeness (QED) is 0.773. The van der Waals surface area contributed by atoms with Crippen LogP contribution in [0.25, 0.3) is 0 Å². The van der Waals surface area contributed by atoms with Crippen LogP contribution in [-0.4, -0.2) is 29.5 Å². The van der Waals surface area contributed by atoms with Gasteiger partial charge in [0.15, 0.2) is 0 Å². The first-order valence-corrected chi connectivity index (χ1v) is 7.04. The van der Waals surface area contributed by atoms with Gasteiger partial charge < -0.3 is 10.1 Å². The highest BCUT2D eigenvalue weighted by Crippen LogP contribution is 2.33. The van der Waals surface area contributed by atoms with Crippen molar-refractivity contribution in [3.63, 3.8) is 0 Å². The molecule has 6 unspecified atom stereocenters. The van der Waals surface area contributed by atoms with Gasteiger partial charge >= 0.3 is 0 Å².